The molecule has 2 saturated heterocycles. The van der Waals surface area contributed by atoms with E-state index in [0.29, 0.717) is 19.0 Å². The first kappa shape index (κ1) is 18.8. The van der Waals surface area contributed by atoms with Crippen LogP contribution in [0.15, 0.2) is 18.2 Å². The minimum Gasteiger partial charge on any atom is -0.327 e. The van der Waals surface area contributed by atoms with Gasteiger partial charge < -0.3 is 10.6 Å². The Morgan fingerprint density at radius 3 is 2.79 bits per heavy atom. The first-order chi connectivity index (χ1) is 14.0. The standard InChI is InChI=1S/C22H28N4O3/c23-17-5-2-8-22(17)9-10-25(13-22)11-14-3-1-4-15-12-26(21(29)19(14)15)16-6-7-18(27)24-20(16)28/h1,3-4,16-17H,2,5-13,23H2,(H,24,27,28). The molecule has 7 heteroatoms. The number of hydrogen-bond donors (Lipinski definition) is 2. The molecule has 154 valence electrons. The van der Waals surface area contributed by atoms with E-state index in [9.17, 15) is 14.4 Å². The third kappa shape index (κ3) is 3.07. The average molecular weight is 396 g/mol. The molecule has 29 heavy (non-hydrogen) atoms. The number of likely N-dealkylation sites (tertiary alicyclic amines) is 1. The SMILES string of the molecule is NC1CCCC12CCN(Cc1cccc3c1C(=O)N(C1CCC(=O)NC1=O)C3)C2. The zero-order chi connectivity index (χ0) is 20.2. The highest BCUT2D eigenvalue weighted by Crippen LogP contribution is 2.45. The van der Waals surface area contributed by atoms with Crippen molar-refractivity contribution in [1.82, 2.24) is 15.1 Å². The number of hydrogen-bond acceptors (Lipinski definition) is 5. The van der Waals surface area contributed by atoms with Gasteiger partial charge in [0.1, 0.15) is 6.04 Å². The predicted octanol–water partition coefficient (Wildman–Crippen LogP) is 1.15. The van der Waals surface area contributed by atoms with Crippen molar-refractivity contribution in [2.75, 3.05) is 13.1 Å². The minimum absolute atomic E-state index is 0.0865. The summed E-state index contributed by atoms with van der Waals surface area (Å²) in [5.74, 6) is -0.707. The minimum atomic E-state index is -0.563. The van der Waals surface area contributed by atoms with Crippen LogP contribution in [0.3, 0.4) is 0 Å². The second-order valence-corrected chi connectivity index (χ2v) is 9.17. The maximum Gasteiger partial charge on any atom is 0.255 e. The second kappa shape index (κ2) is 6.92. The van der Waals surface area contributed by atoms with Gasteiger partial charge in [-0.05, 0) is 48.8 Å². The van der Waals surface area contributed by atoms with Crippen LogP contribution in [0, 0.1) is 5.41 Å². The van der Waals surface area contributed by atoms with Crippen LogP contribution in [0.1, 0.15) is 60.0 Å². The van der Waals surface area contributed by atoms with E-state index in [0.717, 1.165) is 49.2 Å². The summed E-state index contributed by atoms with van der Waals surface area (Å²) in [5.41, 5.74) is 9.42. The van der Waals surface area contributed by atoms with Crippen LogP contribution in [0.5, 0.6) is 0 Å². The van der Waals surface area contributed by atoms with E-state index in [1.54, 1.807) is 4.90 Å². The number of rotatable bonds is 3. The lowest BCUT2D eigenvalue weighted by molar-refractivity contribution is -0.136. The van der Waals surface area contributed by atoms with Gasteiger partial charge in [-0.15, -0.1) is 0 Å². The molecule has 3 atom stereocenters. The second-order valence-electron chi connectivity index (χ2n) is 9.17. The van der Waals surface area contributed by atoms with Gasteiger partial charge in [-0.3, -0.25) is 24.6 Å². The van der Waals surface area contributed by atoms with E-state index in [2.05, 4.69) is 10.2 Å². The maximum absolute atomic E-state index is 13.2. The van der Waals surface area contributed by atoms with Gasteiger partial charge in [-0.25, -0.2) is 0 Å². The van der Waals surface area contributed by atoms with E-state index in [4.69, 9.17) is 5.73 Å². The van der Waals surface area contributed by atoms with Crippen molar-refractivity contribution in [1.29, 1.82) is 0 Å². The number of carbonyl (C=O) groups excluding carboxylic acids is 3. The molecule has 3 unspecified atom stereocenters. The molecule has 1 aromatic carbocycles. The molecular weight excluding hydrogens is 368 g/mol. The third-order valence-corrected chi connectivity index (χ3v) is 7.47. The number of nitrogens with one attached hydrogen (secondary N) is 1. The summed E-state index contributed by atoms with van der Waals surface area (Å²) in [7, 11) is 0. The zero-order valence-corrected chi connectivity index (χ0v) is 16.7. The van der Waals surface area contributed by atoms with E-state index < -0.39 is 6.04 Å². The average Bonchev–Trinajstić information content (AvgIpc) is 3.35. The Kier molecular flexibility index (Phi) is 4.47. The fourth-order valence-electron chi connectivity index (χ4n) is 5.85. The van der Waals surface area contributed by atoms with Gasteiger partial charge in [0.15, 0.2) is 0 Å². The predicted molar refractivity (Wildman–Crippen MR) is 107 cm³/mol. The Labute approximate surface area is 170 Å². The van der Waals surface area contributed by atoms with Gasteiger partial charge in [-0.2, -0.15) is 0 Å². The van der Waals surface area contributed by atoms with Crippen LogP contribution in [-0.4, -0.2) is 52.7 Å². The molecule has 1 saturated carbocycles. The van der Waals surface area contributed by atoms with Crippen molar-refractivity contribution in [2.45, 2.75) is 63.7 Å². The summed E-state index contributed by atoms with van der Waals surface area (Å²) in [6.45, 7) is 3.20. The summed E-state index contributed by atoms with van der Waals surface area (Å²) in [4.78, 5) is 41.0. The zero-order valence-electron chi connectivity index (χ0n) is 16.7. The molecule has 3 amide bonds. The fourth-order valence-corrected chi connectivity index (χ4v) is 5.85. The van der Waals surface area contributed by atoms with Gasteiger partial charge in [0, 0.05) is 37.7 Å². The van der Waals surface area contributed by atoms with E-state index in [-0.39, 0.29) is 29.6 Å². The summed E-state index contributed by atoms with van der Waals surface area (Å²) in [6.07, 6.45) is 5.36. The van der Waals surface area contributed by atoms with Gasteiger partial charge >= 0.3 is 0 Å². The Bertz CT molecular complexity index is 885. The lowest BCUT2D eigenvalue weighted by Gasteiger charge is -2.29. The number of carbonyl (C=O) groups is 3. The van der Waals surface area contributed by atoms with Crippen molar-refractivity contribution >= 4 is 17.7 Å². The smallest absolute Gasteiger partial charge is 0.255 e. The van der Waals surface area contributed by atoms with Crippen molar-refractivity contribution in [3.05, 3.63) is 34.9 Å². The molecule has 0 aromatic heterocycles. The highest BCUT2D eigenvalue weighted by Gasteiger charge is 2.46. The molecule has 1 spiro atoms. The lowest BCUT2D eigenvalue weighted by Crippen LogP contribution is -2.52. The molecule has 0 bridgehead atoms. The molecule has 5 rings (SSSR count). The summed E-state index contributed by atoms with van der Waals surface area (Å²) < 4.78 is 0. The Balaban J connectivity index is 1.34. The molecule has 3 fully saturated rings. The highest BCUT2D eigenvalue weighted by atomic mass is 16.2. The molecule has 1 aromatic rings. The number of benzene rings is 1. The summed E-state index contributed by atoms with van der Waals surface area (Å²) >= 11 is 0. The summed E-state index contributed by atoms with van der Waals surface area (Å²) in [5, 5.41) is 2.37. The van der Waals surface area contributed by atoms with Gasteiger partial charge in [0.25, 0.3) is 5.91 Å². The van der Waals surface area contributed by atoms with Crippen LogP contribution in [0.4, 0.5) is 0 Å². The molecule has 0 radical (unpaired) electrons. The lowest BCUT2D eigenvalue weighted by atomic mass is 9.82. The molecule has 7 nitrogen and oxygen atoms in total. The van der Waals surface area contributed by atoms with E-state index in [1.807, 2.05) is 18.2 Å². The Morgan fingerprint density at radius 2 is 2.03 bits per heavy atom. The first-order valence-corrected chi connectivity index (χ1v) is 10.7. The number of fused-ring (bicyclic) bond motifs is 1. The molecule has 1 aliphatic carbocycles. The molecule has 3 heterocycles. The Hall–Kier alpha value is -2.25. The van der Waals surface area contributed by atoms with Crippen LogP contribution < -0.4 is 11.1 Å². The maximum atomic E-state index is 13.2. The molecule has 3 N–H and O–H groups in total. The van der Waals surface area contributed by atoms with Crippen LogP contribution in [0.2, 0.25) is 0 Å². The van der Waals surface area contributed by atoms with E-state index >= 15 is 0 Å². The topological polar surface area (TPSA) is 95.7 Å². The summed E-state index contributed by atoms with van der Waals surface area (Å²) in [6, 6.07) is 5.74. The van der Waals surface area contributed by atoms with Crippen LogP contribution in [-0.2, 0) is 22.7 Å². The molecule has 4 aliphatic rings. The van der Waals surface area contributed by atoms with Gasteiger partial charge in [0.2, 0.25) is 11.8 Å². The number of nitrogens with two attached hydrogens (primary N) is 1. The third-order valence-electron chi connectivity index (χ3n) is 7.47. The first-order valence-electron chi connectivity index (χ1n) is 10.7. The van der Waals surface area contributed by atoms with E-state index in [1.165, 1.54) is 12.8 Å². The number of nitrogens with zero attached hydrogens (tertiary/aromatic N) is 2. The van der Waals surface area contributed by atoms with Gasteiger partial charge in [-0.1, -0.05) is 24.6 Å². The van der Waals surface area contributed by atoms with Crippen molar-refractivity contribution < 1.29 is 14.4 Å². The van der Waals surface area contributed by atoms with Gasteiger partial charge in [0.05, 0.1) is 0 Å². The van der Waals surface area contributed by atoms with Crippen LogP contribution >= 0.6 is 0 Å². The molecular formula is C22H28N4O3. The monoisotopic (exact) mass is 396 g/mol. The number of amides is 3. The van der Waals surface area contributed by atoms with Crippen molar-refractivity contribution in [3.63, 3.8) is 0 Å². The highest BCUT2D eigenvalue weighted by molar-refractivity contribution is 6.05. The molecule has 3 aliphatic heterocycles. The number of imide groups is 1. The quantitative estimate of drug-likeness (QED) is 0.748. The van der Waals surface area contributed by atoms with Crippen LogP contribution in [0.25, 0.3) is 0 Å². The van der Waals surface area contributed by atoms with Crippen molar-refractivity contribution in [2.24, 2.45) is 11.1 Å². The Morgan fingerprint density at radius 1 is 1.17 bits per heavy atom. The van der Waals surface area contributed by atoms with Crippen molar-refractivity contribution in [3.8, 4) is 0 Å². The fraction of sp³-hybridized carbons (Fsp3) is 0.591. The normalized spacial score (nSPS) is 32.3. The number of piperidine rings is 1. The largest absolute Gasteiger partial charge is 0.327 e.